The van der Waals surface area contributed by atoms with Gasteiger partial charge in [-0.1, -0.05) is 6.07 Å². The van der Waals surface area contributed by atoms with Gasteiger partial charge in [0.05, 0.1) is 5.56 Å². The van der Waals surface area contributed by atoms with Crippen LogP contribution in [-0.4, -0.2) is 10.8 Å². The average Bonchev–Trinajstić information content (AvgIpc) is 2.37. The van der Waals surface area contributed by atoms with Crippen LogP contribution in [0.25, 0.3) is 0 Å². The highest BCUT2D eigenvalue weighted by Gasteiger charge is 2.30. The number of amidine groups is 1. The largest absolute Gasteiger partial charge is 0.416 e. The molecule has 0 aliphatic carbocycles. The number of nitrogen functional groups attached to an aromatic ring is 1. The molecule has 0 radical (unpaired) electrons. The average molecular weight is 296 g/mol. The van der Waals surface area contributed by atoms with Crippen LogP contribution in [0.2, 0.25) is 0 Å². The number of pyridine rings is 1. The molecule has 0 amide bonds. The van der Waals surface area contributed by atoms with Gasteiger partial charge in [0.25, 0.3) is 5.56 Å². The molecule has 0 fully saturated rings. The van der Waals surface area contributed by atoms with E-state index in [0.717, 1.165) is 12.1 Å². The summed E-state index contributed by atoms with van der Waals surface area (Å²) in [4.78, 5) is 13.9. The Kier molecular flexibility index (Phi) is 3.70. The van der Waals surface area contributed by atoms with Crippen molar-refractivity contribution in [3.8, 4) is 0 Å². The second kappa shape index (κ2) is 5.31. The van der Waals surface area contributed by atoms with E-state index in [1.54, 1.807) is 0 Å². The minimum atomic E-state index is -4.48. The fourth-order valence-electron chi connectivity index (χ4n) is 1.73. The third-order valence-electron chi connectivity index (χ3n) is 2.70. The third kappa shape index (κ3) is 3.22. The molecular formula is C13H11F3N4O. The highest BCUT2D eigenvalue weighted by molar-refractivity contribution is 6.09. The van der Waals surface area contributed by atoms with Crippen LogP contribution in [0.15, 0.2) is 41.3 Å². The van der Waals surface area contributed by atoms with Gasteiger partial charge in [0.2, 0.25) is 0 Å². The van der Waals surface area contributed by atoms with Gasteiger partial charge in [-0.05, 0) is 24.3 Å². The van der Waals surface area contributed by atoms with Gasteiger partial charge in [-0.15, -0.1) is 0 Å². The Balaban J connectivity index is 2.31. The lowest BCUT2D eigenvalue weighted by Crippen LogP contribution is -2.24. The van der Waals surface area contributed by atoms with Crippen LogP contribution >= 0.6 is 0 Å². The molecule has 21 heavy (non-hydrogen) atoms. The summed E-state index contributed by atoms with van der Waals surface area (Å²) in [7, 11) is 0. The number of nitrogens with two attached hydrogens (primary N) is 1. The smallest absolute Gasteiger partial charge is 0.398 e. The van der Waals surface area contributed by atoms with Gasteiger partial charge in [-0.3, -0.25) is 10.2 Å². The first-order valence-electron chi connectivity index (χ1n) is 5.79. The second-order valence-electron chi connectivity index (χ2n) is 4.22. The van der Waals surface area contributed by atoms with Gasteiger partial charge in [0.15, 0.2) is 0 Å². The van der Waals surface area contributed by atoms with Gasteiger partial charge >= 0.3 is 6.18 Å². The van der Waals surface area contributed by atoms with E-state index in [4.69, 9.17) is 11.1 Å². The quantitative estimate of drug-likeness (QED) is 0.506. The number of aromatic nitrogens is 1. The first-order valence-corrected chi connectivity index (χ1v) is 5.79. The zero-order valence-corrected chi connectivity index (χ0v) is 10.6. The Labute approximate surface area is 117 Å². The summed E-state index contributed by atoms with van der Waals surface area (Å²) in [6.07, 6.45) is -3.16. The van der Waals surface area contributed by atoms with Crippen LogP contribution in [0.5, 0.6) is 0 Å². The maximum absolute atomic E-state index is 12.6. The normalized spacial score (nSPS) is 11.2. The van der Waals surface area contributed by atoms with Crippen molar-refractivity contribution in [1.82, 2.24) is 4.98 Å². The van der Waals surface area contributed by atoms with E-state index in [-0.39, 0.29) is 22.8 Å². The lowest BCUT2D eigenvalue weighted by atomic mass is 10.1. The highest BCUT2D eigenvalue weighted by Crippen LogP contribution is 2.30. The summed E-state index contributed by atoms with van der Waals surface area (Å²) in [6.45, 7) is 0. The monoisotopic (exact) mass is 296 g/mol. The zero-order chi connectivity index (χ0) is 15.6. The molecule has 2 rings (SSSR count). The van der Waals surface area contributed by atoms with Gasteiger partial charge in [0.1, 0.15) is 11.4 Å². The number of nitrogens with one attached hydrogen (secondary N) is 3. The summed E-state index contributed by atoms with van der Waals surface area (Å²) in [5.74, 6) is -0.381. The summed E-state index contributed by atoms with van der Waals surface area (Å²) >= 11 is 0. The van der Waals surface area contributed by atoms with Crippen molar-refractivity contribution in [3.05, 3.63) is 58.0 Å². The maximum Gasteiger partial charge on any atom is 0.416 e. The molecule has 0 aliphatic heterocycles. The fourth-order valence-corrected chi connectivity index (χ4v) is 1.73. The highest BCUT2D eigenvalue weighted by atomic mass is 19.4. The van der Waals surface area contributed by atoms with E-state index in [2.05, 4.69) is 10.3 Å². The lowest BCUT2D eigenvalue weighted by molar-refractivity contribution is -0.137. The van der Waals surface area contributed by atoms with Crippen LogP contribution in [-0.2, 0) is 6.18 Å². The van der Waals surface area contributed by atoms with Gasteiger partial charge < -0.3 is 16.0 Å². The molecule has 0 saturated heterocycles. The topological polar surface area (TPSA) is 94.8 Å². The number of hydrogen-bond donors (Lipinski definition) is 4. The Morgan fingerprint density at radius 1 is 1.29 bits per heavy atom. The molecular weight excluding hydrogens is 285 g/mol. The second-order valence-corrected chi connectivity index (χ2v) is 4.22. The lowest BCUT2D eigenvalue weighted by Gasteiger charge is -2.12. The van der Waals surface area contributed by atoms with E-state index in [1.165, 1.54) is 24.4 Å². The number of alkyl halides is 3. The Morgan fingerprint density at radius 2 is 2.00 bits per heavy atom. The van der Waals surface area contributed by atoms with Gasteiger partial charge in [-0.25, -0.2) is 0 Å². The Morgan fingerprint density at radius 3 is 2.62 bits per heavy atom. The molecule has 8 heteroatoms. The molecule has 1 aromatic heterocycles. The summed E-state index contributed by atoms with van der Waals surface area (Å²) < 4.78 is 37.8. The van der Waals surface area contributed by atoms with Crippen LogP contribution in [0.1, 0.15) is 11.1 Å². The molecule has 0 atom stereocenters. The standard InChI is InChI=1S/C13H11F3N4O/c14-13(15,16)7-2-1-3-8(6-7)20-11(18)10-9(17)4-5-19-12(10)21/h1-6H,(H2,18,20)(H3,17,19,21). The summed E-state index contributed by atoms with van der Waals surface area (Å²) in [5, 5.41) is 10.2. The van der Waals surface area contributed by atoms with Crippen LogP contribution in [0.3, 0.4) is 0 Å². The van der Waals surface area contributed by atoms with Crippen molar-refractivity contribution < 1.29 is 13.2 Å². The van der Waals surface area contributed by atoms with Crippen molar-refractivity contribution in [2.75, 3.05) is 11.1 Å². The molecule has 0 spiro atoms. The zero-order valence-electron chi connectivity index (χ0n) is 10.6. The molecule has 1 aromatic carbocycles. The number of benzene rings is 1. The molecule has 2 aromatic rings. The Bertz CT molecular complexity index is 737. The van der Waals surface area contributed by atoms with Gasteiger partial charge in [-0.2, -0.15) is 13.2 Å². The molecule has 0 bridgehead atoms. The number of hydrogen-bond acceptors (Lipinski definition) is 3. The first kappa shape index (κ1) is 14.6. The first-order chi connectivity index (χ1) is 9.79. The van der Waals surface area contributed by atoms with Gasteiger partial charge in [0, 0.05) is 17.6 Å². The van der Waals surface area contributed by atoms with Crippen molar-refractivity contribution in [2.45, 2.75) is 6.18 Å². The number of aromatic amines is 1. The van der Waals surface area contributed by atoms with E-state index in [9.17, 15) is 18.0 Å². The van der Waals surface area contributed by atoms with Crippen LogP contribution < -0.4 is 16.6 Å². The molecule has 1 heterocycles. The number of rotatable bonds is 2. The maximum atomic E-state index is 12.6. The van der Waals surface area contributed by atoms with Crippen molar-refractivity contribution >= 4 is 17.2 Å². The molecule has 110 valence electrons. The number of H-pyrrole nitrogens is 1. The van der Waals surface area contributed by atoms with E-state index < -0.39 is 17.3 Å². The Hall–Kier alpha value is -2.77. The third-order valence-corrected chi connectivity index (χ3v) is 2.70. The van der Waals surface area contributed by atoms with Crippen molar-refractivity contribution in [2.24, 2.45) is 0 Å². The summed E-state index contributed by atoms with van der Waals surface area (Å²) in [5.41, 5.74) is 4.11. The van der Waals surface area contributed by atoms with E-state index in [1.807, 2.05) is 0 Å². The number of anilines is 2. The minimum absolute atomic E-state index is 0.0393. The van der Waals surface area contributed by atoms with E-state index >= 15 is 0 Å². The molecule has 0 unspecified atom stereocenters. The van der Waals surface area contributed by atoms with E-state index in [0.29, 0.717) is 0 Å². The fraction of sp³-hybridized carbons (Fsp3) is 0.0769. The minimum Gasteiger partial charge on any atom is -0.398 e. The van der Waals surface area contributed by atoms with Crippen molar-refractivity contribution in [3.63, 3.8) is 0 Å². The molecule has 5 nitrogen and oxygen atoms in total. The molecule has 0 saturated carbocycles. The van der Waals surface area contributed by atoms with Crippen molar-refractivity contribution in [1.29, 1.82) is 5.41 Å². The predicted octanol–water partition coefficient (Wildman–Crippen LogP) is 2.41. The summed E-state index contributed by atoms with van der Waals surface area (Å²) in [6, 6.07) is 5.72. The molecule has 5 N–H and O–H groups in total. The molecule has 0 aliphatic rings. The number of halogens is 3. The SMILES string of the molecule is N=C(Nc1cccc(C(F)(F)F)c1)c1c(N)cc[nH]c1=O. The predicted molar refractivity (Wildman–Crippen MR) is 73.4 cm³/mol. The van der Waals surface area contributed by atoms with Crippen LogP contribution in [0.4, 0.5) is 24.5 Å². The van der Waals surface area contributed by atoms with Crippen LogP contribution in [0, 0.1) is 5.41 Å².